The minimum Gasteiger partial charge on any atom is -0.383 e. The summed E-state index contributed by atoms with van der Waals surface area (Å²) in [5.41, 5.74) is -1.89. The molecule has 0 radical (unpaired) electrons. The molecule has 0 amide bonds. The standard InChI is InChI=1S/C7H15F2NO/c1-3-4-10-5-7(2,11)6(8)9/h6,10-11H,3-5H2,1-2H3. The molecule has 2 nitrogen and oxygen atoms in total. The van der Waals surface area contributed by atoms with Gasteiger partial charge in [0.1, 0.15) is 5.60 Å². The van der Waals surface area contributed by atoms with Crippen LogP contribution in [-0.4, -0.2) is 30.2 Å². The zero-order valence-electron chi connectivity index (χ0n) is 6.90. The summed E-state index contributed by atoms with van der Waals surface area (Å²) in [7, 11) is 0. The lowest BCUT2D eigenvalue weighted by Crippen LogP contribution is -2.44. The molecule has 0 aliphatic heterocycles. The van der Waals surface area contributed by atoms with Crippen molar-refractivity contribution in [1.82, 2.24) is 5.32 Å². The van der Waals surface area contributed by atoms with Crippen molar-refractivity contribution in [3.05, 3.63) is 0 Å². The Morgan fingerprint density at radius 2 is 2.09 bits per heavy atom. The highest BCUT2D eigenvalue weighted by atomic mass is 19.3. The van der Waals surface area contributed by atoms with Crippen LogP contribution in [0.25, 0.3) is 0 Å². The molecule has 0 aromatic heterocycles. The van der Waals surface area contributed by atoms with Crippen molar-refractivity contribution < 1.29 is 13.9 Å². The van der Waals surface area contributed by atoms with Gasteiger partial charge in [-0.05, 0) is 19.9 Å². The summed E-state index contributed by atoms with van der Waals surface area (Å²) in [6.45, 7) is 3.66. The molecule has 11 heavy (non-hydrogen) atoms. The second-order valence-electron chi connectivity index (χ2n) is 2.83. The number of alkyl halides is 2. The van der Waals surface area contributed by atoms with E-state index in [2.05, 4.69) is 5.32 Å². The third-order valence-corrected chi connectivity index (χ3v) is 1.38. The van der Waals surface area contributed by atoms with Gasteiger partial charge in [-0.15, -0.1) is 0 Å². The van der Waals surface area contributed by atoms with Gasteiger partial charge >= 0.3 is 0 Å². The van der Waals surface area contributed by atoms with Gasteiger partial charge in [-0.25, -0.2) is 8.78 Å². The van der Waals surface area contributed by atoms with Gasteiger partial charge < -0.3 is 10.4 Å². The van der Waals surface area contributed by atoms with Gasteiger partial charge in [-0.3, -0.25) is 0 Å². The van der Waals surface area contributed by atoms with E-state index in [9.17, 15) is 8.78 Å². The zero-order chi connectivity index (χ0) is 8.91. The molecular formula is C7H15F2NO. The second-order valence-corrected chi connectivity index (χ2v) is 2.83. The first-order valence-corrected chi connectivity index (χ1v) is 3.72. The summed E-state index contributed by atoms with van der Waals surface area (Å²) in [6.07, 6.45) is -1.81. The van der Waals surface area contributed by atoms with Gasteiger partial charge in [-0.1, -0.05) is 6.92 Å². The van der Waals surface area contributed by atoms with Gasteiger partial charge in [0, 0.05) is 6.54 Å². The smallest absolute Gasteiger partial charge is 0.267 e. The highest BCUT2D eigenvalue weighted by Crippen LogP contribution is 2.12. The summed E-state index contributed by atoms with van der Waals surface area (Å²) >= 11 is 0. The largest absolute Gasteiger partial charge is 0.383 e. The molecule has 4 heteroatoms. The Morgan fingerprint density at radius 3 is 2.45 bits per heavy atom. The molecule has 0 rings (SSSR count). The SMILES string of the molecule is CCCNCC(C)(O)C(F)F. The number of hydrogen-bond acceptors (Lipinski definition) is 2. The van der Waals surface area contributed by atoms with Crippen LogP contribution in [0.1, 0.15) is 20.3 Å². The third kappa shape index (κ3) is 4.27. The summed E-state index contributed by atoms with van der Waals surface area (Å²) in [6, 6.07) is 0. The number of hydrogen-bond donors (Lipinski definition) is 2. The van der Waals surface area contributed by atoms with Crippen LogP contribution in [0, 0.1) is 0 Å². The Labute approximate surface area is 65.6 Å². The van der Waals surface area contributed by atoms with Gasteiger partial charge in [0.25, 0.3) is 6.43 Å². The lowest BCUT2D eigenvalue weighted by atomic mass is 10.1. The molecule has 0 aromatic rings. The topological polar surface area (TPSA) is 32.3 Å². The molecule has 1 unspecified atom stereocenters. The Hall–Kier alpha value is -0.220. The first-order valence-electron chi connectivity index (χ1n) is 3.72. The quantitative estimate of drug-likeness (QED) is 0.599. The number of rotatable bonds is 5. The van der Waals surface area contributed by atoms with Gasteiger partial charge in [0.15, 0.2) is 0 Å². The van der Waals surface area contributed by atoms with Crippen LogP contribution >= 0.6 is 0 Å². The molecule has 0 aromatic carbocycles. The third-order valence-electron chi connectivity index (χ3n) is 1.38. The van der Waals surface area contributed by atoms with Crippen LogP contribution < -0.4 is 5.32 Å². The first-order chi connectivity index (χ1) is 5.00. The second kappa shape index (κ2) is 4.62. The average molecular weight is 167 g/mol. The number of aliphatic hydroxyl groups is 1. The Morgan fingerprint density at radius 1 is 1.55 bits per heavy atom. The van der Waals surface area contributed by atoms with E-state index in [4.69, 9.17) is 5.11 Å². The van der Waals surface area contributed by atoms with Crippen molar-refractivity contribution in [3.8, 4) is 0 Å². The minimum absolute atomic E-state index is 0.0570. The zero-order valence-corrected chi connectivity index (χ0v) is 6.90. The number of nitrogens with one attached hydrogen (secondary N) is 1. The lowest BCUT2D eigenvalue weighted by Gasteiger charge is -2.22. The van der Waals surface area contributed by atoms with Crippen LogP contribution in [0.15, 0.2) is 0 Å². The average Bonchev–Trinajstić information content (AvgIpc) is 1.88. The van der Waals surface area contributed by atoms with Crippen molar-refractivity contribution in [2.45, 2.75) is 32.3 Å². The summed E-state index contributed by atoms with van der Waals surface area (Å²) in [5, 5.41) is 11.7. The number of halogens is 2. The highest BCUT2D eigenvalue weighted by molar-refractivity contribution is 4.77. The molecule has 0 aliphatic rings. The molecule has 0 saturated heterocycles. The van der Waals surface area contributed by atoms with E-state index in [1.807, 2.05) is 6.92 Å². The van der Waals surface area contributed by atoms with E-state index in [-0.39, 0.29) is 6.54 Å². The molecule has 2 N–H and O–H groups in total. The molecule has 68 valence electrons. The molecule has 0 heterocycles. The summed E-state index contributed by atoms with van der Waals surface area (Å²) in [5.74, 6) is 0. The van der Waals surface area contributed by atoms with E-state index >= 15 is 0 Å². The first kappa shape index (κ1) is 10.8. The lowest BCUT2D eigenvalue weighted by molar-refractivity contribution is -0.0806. The monoisotopic (exact) mass is 167 g/mol. The van der Waals surface area contributed by atoms with Gasteiger partial charge in [0.2, 0.25) is 0 Å². The molecule has 1 atom stereocenters. The fourth-order valence-corrected chi connectivity index (χ4v) is 0.595. The van der Waals surface area contributed by atoms with Gasteiger partial charge in [-0.2, -0.15) is 0 Å². The van der Waals surface area contributed by atoms with Crippen LogP contribution in [0.2, 0.25) is 0 Å². The van der Waals surface area contributed by atoms with Crippen LogP contribution in [0.4, 0.5) is 8.78 Å². The minimum atomic E-state index is -2.69. The molecular weight excluding hydrogens is 152 g/mol. The van der Waals surface area contributed by atoms with Crippen LogP contribution in [0.5, 0.6) is 0 Å². The van der Waals surface area contributed by atoms with Crippen LogP contribution in [-0.2, 0) is 0 Å². The van der Waals surface area contributed by atoms with E-state index in [1.54, 1.807) is 0 Å². The molecule has 0 aliphatic carbocycles. The normalized spacial score (nSPS) is 16.9. The van der Waals surface area contributed by atoms with Crippen molar-refractivity contribution in [1.29, 1.82) is 0 Å². The summed E-state index contributed by atoms with van der Waals surface area (Å²) < 4.78 is 23.9. The van der Waals surface area contributed by atoms with Crippen molar-refractivity contribution >= 4 is 0 Å². The van der Waals surface area contributed by atoms with Crippen molar-refractivity contribution in [2.24, 2.45) is 0 Å². The Bertz CT molecular complexity index is 107. The fraction of sp³-hybridized carbons (Fsp3) is 1.00. The maximum absolute atomic E-state index is 11.9. The fourth-order valence-electron chi connectivity index (χ4n) is 0.595. The molecule has 0 spiro atoms. The van der Waals surface area contributed by atoms with E-state index in [0.717, 1.165) is 13.3 Å². The predicted molar refractivity (Wildman–Crippen MR) is 39.8 cm³/mol. The predicted octanol–water partition coefficient (Wildman–Crippen LogP) is 1.00. The summed E-state index contributed by atoms with van der Waals surface area (Å²) in [4.78, 5) is 0. The van der Waals surface area contributed by atoms with Crippen molar-refractivity contribution in [2.75, 3.05) is 13.1 Å². The van der Waals surface area contributed by atoms with Crippen LogP contribution in [0.3, 0.4) is 0 Å². The van der Waals surface area contributed by atoms with E-state index in [1.165, 1.54) is 0 Å². The maximum Gasteiger partial charge on any atom is 0.267 e. The van der Waals surface area contributed by atoms with Crippen molar-refractivity contribution in [3.63, 3.8) is 0 Å². The molecule has 0 bridgehead atoms. The maximum atomic E-state index is 11.9. The molecule has 0 fully saturated rings. The Balaban J connectivity index is 3.55. The Kier molecular flexibility index (Phi) is 4.52. The molecule has 0 saturated carbocycles. The highest BCUT2D eigenvalue weighted by Gasteiger charge is 2.31. The van der Waals surface area contributed by atoms with E-state index in [0.29, 0.717) is 6.54 Å². The van der Waals surface area contributed by atoms with Gasteiger partial charge in [0.05, 0.1) is 0 Å². The van der Waals surface area contributed by atoms with E-state index < -0.39 is 12.0 Å².